The molecule has 1 unspecified atom stereocenters. The molecule has 0 saturated carbocycles. The Morgan fingerprint density at radius 1 is 1.30 bits per heavy atom. The van der Waals surface area contributed by atoms with E-state index in [0.29, 0.717) is 17.1 Å². The van der Waals surface area contributed by atoms with Crippen LogP contribution in [-0.4, -0.2) is 29.6 Å². The molecule has 20 heavy (non-hydrogen) atoms. The van der Waals surface area contributed by atoms with E-state index in [4.69, 9.17) is 23.2 Å². The second-order valence-corrected chi connectivity index (χ2v) is 5.07. The second-order valence-electron chi connectivity index (χ2n) is 4.23. The Balaban J connectivity index is 2.51. The maximum Gasteiger partial charge on any atom is 0.313 e. The van der Waals surface area contributed by atoms with Crippen LogP contribution in [0, 0.1) is 0 Å². The van der Waals surface area contributed by atoms with Crippen LogP contribution in [0.15, 0.2) is 18.2 Å². The number of carbonyl (C=O) groups is 2. The van der Waals surface area contributed by atoms with Gasteiger partial charge in [0, 0.05) is 11.6 Å². The molecule has 5 nitrogen and oxygen atoms in total. The third-order valence-corrected chi connectivity index (χ3v) is 3.05. The van der Waals surface area contributed by atoms with Crippen molar-refractivity contribution in [1.29, 1.82) is 0 Å². The van der Waals surface area contributed by atoms with Gasteiger partial charge >= 0.3 is 11.8 Å². The summed E-state index contributed by atoms with van der Waals surface area (Å²) in [5, 5.41) is 14.9. The van der Waals surface area contributed by atoms with E-state index >= 15 is 0 Å². The molecule has 0 saturated heterocycles. The third-order valence-electron chi connectivity index (χ3n) is 2.51. The quantitative estimate of drug-likeness (QED) is 0.728. The number of nitrogens with one attached hydrogen (secondary N) is 2. The number of benzene rings is 1. The van der Waals surface area contributed by atoms with Crippen LogP contribution < -0.4 is 10.6 Å². The monoisotopic (exact) mass is 318 g/mol. The number of carbonyl (C=O) groups excluding carboxylic acids is 2. The van der Waals surface area contributed by atoms with Crippen molar-refractivity contribution >= 4 is 40.7 Å². The lowest BCUT2D eigenvalue weighted by atomic mass is 10.2. The zero-order chi connectivity index (χ0) is 15.1. The average molecular weight is 319 g/mol. The Morgan fingerprint density at radius 3 is 2.60 bits per heavy atom. The number of amides is 2. The molecule has 7 heteroatoms. The van der Waals surface area contributed by atoms with E-state index in [9.17, 15) is 14.7 Å². The predicted molar refractivity (Wildman–Crippen MR) is 79.0 cm³/mol. The third kappa shape index (κ3) is 5.36. The predicted octanol–water partition coefficient (Wildman–Crippen LogP) is 2.21. The van der Waals surface area contributed by atoms with Crippen molar-refractivity contribution in [3.63, 3.8) is 0 Å². The summed E-state index contributed by atoms with van der Waals surface area (Å²) in [5.74, 6) is -1.68. The van der Waals surface area contributed by atoms with E-state index in [0.717, 1.165) is 6.42 Å². The van der Waals surface area contributed by atoms with Crippen molar-refractivity contribution in [2.75, 3.05) is 11.9 Å². The van der Waals surface area contributed by atoms with Crippen molar-refractivity contribution in [3.8, 4) is 0 Å². The maximum absolute atomic E-state index is 11.6. The van der Waals surface area contributed by atoms with Gasteiger partial charge in [-0.05, 0) is 24.6 Å². The highest BCUT2D eigenvalue weighted by Gasteiger charge is 2.16. The van der Waals surface area contributed by atoms with Gasteiger partial charge in [0.25, 0.3) is 0 Å². The largest absolute Gasteiger partial charge is 0.391 e. The lowest BCUT2D eigenvalue weighted by molar-refractivity contribution is -0.136. The van der Waals surface area contributed by atoms with Gasteiger partial charge in [0.15, 0.2) is 0 Å². The number of aliphatic hydroxyl groups is 1. The summed E-state index contributed by atoms with van der Waals surface area (Å²) >= 11 is 11.6. The van der Waals surface area contributed by atoms with Gasteiger partial charge in [-0.25, -0.2) is 0 Å². The summed E-state index contributed by atoms with van der Waals surface area (Å²) in [6.07, 6.45) is 0.699. The van der Waals surface area contributed by atoms with Gasteiger partial charge in [0.05, 0.1) is 16.8 Å². The molecule has 1 aromatic rings. The van der Waals surface area contributed by atoms with Crippen LogP contribution in [0.25, 0.3) is 0 Å². The van der Waals surface area contributed by atoms with Crippen LogP contribution in [0.1, 0.15) is 19.8 Å². The minimum Gasteiger partial charge on any atom is -0.391 e. The van der Waals surface area contributed by atoms with Crippen molar-refractivity contribution in [3.05, 3.63) is 28.2 Å². The van der Waals surface area contributed by atoms with Gasteiger partial charge in [-0.15, -0.1) is 0 Å². The molecule has 1 atom stereocenters. The van der Waals surface area contributed by atoms with Crippen LogP contribution in [-0.2, 0) is 9.59 Å². The molecule has 0 aliphatic heterocycles. The van der Waals surface area contributed by atoms with E-state index in [1.165, 1.54) is 12.1 Å². The van der Waals surface area contributed by atoms with Gasteiger partial charge in [-0.2, -0.15) is 0 Å². The highest BCUT2D eigenvalue weighted by atomic mass is 35.5. The van der Waals surface area contributed by atoms with Crippen molar-refractivity contribution in [2.45, 2.75) is 25.9 Å². The number of hydrogen-bond acceptors (Lipinski definition) is 3. The fourth-order valence-electron chi connectivity index (χ4n) is 1.50. The molecule has 0 aliphatic carbocycles. The summed E-state index contributed by atoms with van der Waals surface area (Å²) in [7, 11) is 0. The van der Waals surface area contributed by atoms with Gasteiger partial charge in [0.1, 0.15) is 0 Å². The Kier molecular flexibility index (Phi) is 6.78. The molecule has 0 spiro atoms. The zero-order valence-corrected chi connectivity index (χ0v) is 12.5. The lowest BCUT2D eigenvalue weighted by Gasteiger charge is -2.11. The topological polar surface area (TPSA) is 78.4 Å². The maximum atomic E-state index is 11.6. The fraction of sp³-hybridized carbons (Fsp3) is 0.385. The smallest absolute Gasteiger partial charge is 0.313 e. The number of rotatable bonds is 5. The first-order valence-corrected chi connectivity index (χ1v) is 6.92. The van der Waals surface area contributed by atoms with Crippen LogP contribution in [0.3, 0.4) is 0 Å². The van der Waals surface area contributed by atoms with Crippen molar-refractivity contribution < 1.29 is 14.7 Å². The van der Waals surface area contributed by atoms with Crippen molar-refractivity contribution in [1.82, 2.24) is 5.32 Å². The molecule has 0 fully saturated rings. The van der Waals surface area contributed by atoms with Gasteiger partial charge in [-0.1, -0.05) is 36.5 Å². The standard InChI is InChI=1S/C13H16Cl2N2O3/c1-2-3-9(18)7-16-12(19)13(20)17-11-5-4-8(14)6-10(11)15/h4-6,9,18H,2-3,7H2,1H3,(H,16,19)(H,17,20). The summed E-state index contributed by atoms with van der Waals surface area (Å²) in [5.41, 5.74) is 0.297. The lowest BCUT2D eigenvalue weighted by Crippen LogP contribution is -2.39. The average Bonchev–Trinajstić information content (AvgIpc) is 2.39. The van der Waals surface area contributed by atoms with Crippen LogP contribution in [0.5, 0.6) is 0 Å². The molecule has 3 N–H and O–H groups in total. The molecule has 0 radical (unpaired) electrons. The second kappa shape index (κ2) is 8.09. The Morgan fingerprint density at radius 2 is 2.00 bits per heavy atom. The number of hydrogen-bond donors (Lipinski definition) is 3. The van der Waals surface area contributed by atoms with E-state index in [2.05, 4.69) is 10.6 Å². The van der Waals surface area contributed by atoms with Crippen molar-refractivity contribution in [2.24, 2.45) is 0 Å². The summed E-state index contributed by atoms with van der Waals surface area (Å²) < 4.78 is 0. The zero-order valence-electron chi connectivity index (χ0n) is 11.0. The minimum atomic E-state index is -0.849. The minimum absolute atomic E-state index is 0.0362. The molecule has 2 amide bonds. The molecule has 0 heterocycles. The SMILES string of the molecule is CCCC(O)CNC(=O)C(=O)Nc1ccc(Cl)cc1Cl. The van der Waals surface area contributed by atoms with Gasteiger partial charge in [0.2, 0.25) is 0 Å². The highest BCUT2D eigenvalue weighted by Crippen LogP contribution is 2.25. The number of aliphatic hydroxyl groups excluding tert-OH is 1. The molecule has 0 bridgehead atoms. The Bertz CT molecular complexity index is 495. The molecule has 1 rings (SSSR count). The molecule has 1 aromatic carbocycles. The van der Waals surface area contributed by atoms with Gasteiger partial charge < -0.3 is 15.7 Å². The van der Waals surface area contributed by atoms with E-state index in [1.807, 2.05) is 6.92 Å². The van der Waals surface area contributed by atoms with E-state index < -0.39 is 17.9 Å². The molecular formula is C13H16Cl2N2O3. The fourth-order valence-corrected chi connectivity index (χ4v) is 1.95. The van der Waals surface area contributed by atoms with Gasteiger partial charge in [-0.3, -0.25) is 9.59 Å². The molecule has 0 aromatic heterocycles. The van der Waals surface area contributed by atoms with Crippen LogP contribution >= 0.6 is 23.2 Å². The first-order valence-electron chi connectivity index (χ1n) is 6.16. The Hall–Kier alpha value is -1.30. The van der Waals surface area contributed by atoms with Crippen LogP contribution in [0.2, 0.25) is 10.0 Å². The summed E-state index contributed by atoms with van der Waals surface area (Å²) in [6, 6.07) is 4.51. The van der Waals surface area contributed by atoms with E-state index in [-0.39, 0.29) is 11.6 Å². The number of halogens is 2. The number of anilines is 1. The first kappa shape index (κ1) is 16.8. The normalized spacial score (nSPS) is 11.8. The highest BCUT2D eigenvalue weighted by molar-refractivity contribution is 6.42. The van der Waals surface area contributed by atoms with E-state index in [1.54, 1.807) is 6.07 Å². The molecule has 0 aliphatic rings. The molecule has 110 valence electrons. The first-order chi connectivity index (χ1) is 9.43. The van der Waals surface area contributed by atoms with Crippen LogP contribution in [0.4, 0.5) is 5.69 Å². The summed E-state index contributed by atoms with van der Waals surface area (Å²) in [4.78, 5) is 23.2. The molecular weight excluding hydrogens is 303 g/mol. The summed E-state index contributed by atoms with van der Waals surface area (Å²) in [6.45, 7) is 1.95. The Labute approximate surface area is 127 Å².